The second-order valence-electron chi connectivity index (χ2n) is 4.08. The Morgan fingerprint density at radius 2 is 1.60 bits per heavy atom. The number of hydrogen-bond donors (Lipinski definition) is 4. The third-order valence-electron chi connectivity index (χ3n) is 2.58. The molecule has 0 radical (unpaired) electrons. The SMILES string of the molecule is N=C(COc1ccc(Cl)cc1)c1c(O)cc(O)cc1O. The maximum Gasteiger partial charge on any atom is 0.132 e. The second kappa shape index (κ2) is 5.71. The first kappa shape index (κ1) is 14.0. The topological polar surface area (TPSA) is 93.8 Å². The van der Waals surface area contributed by atoms with E-state index in [-0.39, 0.29) is 35.1 Å². The van der Waals surface area contributed by atoms with Gasteiger partial charge in [0.25, 0.3) is 0 Å². The molecule has 0 aliphatic heterocycles. The fraction of sp³-hybridized carbons (Fsp3) is 0.0714. The Balaban J connectivity index is 2.11. The molecule has 4 N–H and O–H groups in total. The normalized spacial score (nSPS) is 10.2. The number of phenolic OH excluding ortho intramolecular Hbond substituents is 3. The first-order valence-corrected chi connectivity index (χ1v) is 6.06. The van der Waals surface area contributed by atoms with Crippen molar-refractivity contribution in [1.29, 1.82) is 5.41 Å². The molecule has 0 spiro atoms. The number of hydrogen-bond acceptors (Lipinski definition) is 5. The summed E-state index contributed by atoms with van der Waals surface area (Å²) >= 11 is 5.74. The minimum atomic E-state index is -0.382. The van der Waals surface area contributed by atoms with Crippen molar-refractivity contribution in [3.05, 3.63) is 47.0 Å². The van der Waals surface area contributed by atoms with E-state index in [0.29, 0.717) is 10.8 Å². The first-order chi connectivity index (χ1) is 9.47. The van der Waals surface area contributed by atoms with E-state index >= 15 is 0 Å². The summed E-state index contributed by atoms with van der Waals surface area (Å²) in [6.07, 6.45) is 0. The molecule has 0 saturated heterocycles. The van der Waals surface area contributed by atoms with E-state index in [1.54, 1.807) is 24.3 Å². The van der Waals surface area contributed by atoms with Crippen molar-refractivity contribution in [1.82, 2.24) is 0 Å². The van der Waals surface area contributed by atoms with Gasteiger partial charge in [0, 0.05) is 17.2 Å². The molecule has 2 rings (SSSR count). The molecule has 0 bridgehead atoms. The highest BCUT2D eigenvalue weighted by molar-refractivity contribution is 6.30. The zero-order valence-electron chi connectivity index (χ0n) is 10.3. The van der Waals surface area contributed by atoms with E-state index in [4.69, 9.17) is 21.7 Å². The molecule has 5 nitrogen and oxygen atoms in total. The molecule has 0 aliphatic rings. The zero-order valence-corrected chi connectivity index (χ0v) is 11.1. The number of nitrogens with one attached hydrogen (secondary N) is 1. The van der Waals surface area contributed by atoms with Gasteiger partial charge in [0.05, 0.1) is 11.3 Å². The number of rotatable bonds is 4. The lowest BCUT2D eigenvalue weighted by atomic mass is 10.1. The van der Waals surface area contributed by atoms with Crippen LogP contribution in [-0.2, 0) is 0 Å². The van der Waals surface area contributed by atoms with Gasteiger partial charge in [-0.3, -0.25) is 0 Å². The van der Waals surface area contributed by atoms with Crippen LogP contribution in [0, 0.1) is 5.41 Å². The first-order valence-electron chi connectivity index (χ1n) is 5.68. The van der Waals surface area contributed by atoms with E-state index in [1.165, 1.54) is 0 Å². The van der Waals surface area contributed by atoms with Gasteiger partial charge in [-0.1, -0.05) is 11.6 Å². The number of ether oxygens (including phenoxy) is 1. The maximum atomic E-state index is 9.64. The van der Waals surface area contributed by atoms with Crippen molar-refractivity contribution in [2.45, 2.75) is 0 Å². The lowest BCUT2D eigenvalue weighted by Gasteiger charge is -2.11. The summed E-state index contributed by atoms with van der Waals surface area (Å²) in [6.45, 7) is -0.145. The van der Waals surface area contributed by atoms with E-state index < -0.39 is 0 Å². The molecule has 0 fully saturated rings. The van der Waals surface area contributed by atoms with Crippen molar-refractivity contribution >= 4 is 17.3 Å². The van der Waals surface area contributed by atoms with Gasteiger partial charge < -0.3 is 25.5 Å². The molecular weight excluding hydrogens is 282 g/mol. The standard InChI is InChI=1S/C14H12ClNO4/c15-8-1-3-10(4-2-8)20-7-11(16)14-12(18)5-9(17)6-13(14)19/h1-6,16-19H,7H2. The largest absolute Gasteiger partial charge is 0.508 e. The van der Waals surface area contributed by atoms with Gasteiger partial charge in [-0.05, 0) is 24.3 Å². The molecule has 0 aliphatic carbocycles. The Hall–Kier alpha value is -2.40. The van der Waals surface area contributed by atoms with E-state index in [2.05, 4.69) is 0 Å². The molecule has 2 aromatic rings. The van der Waals surface area contributed by atoms with Crippen LogP contribution in [-0.4, -0.2) is 27.6 Å². The van der Waals surface area contributed by atoms with Crippen LogP contribution in [0.25, 0.3) is 0 Å². The minimum Gasteiger partial charge on any atom is -0.508 e. The fourth-order valence-corrected chi connectivity index (χ4v) is 1.79. The number of aromatic hydroxyl groups is 3. The van der Waals surface area contributed by atoms with E-state index in [1.807, 2.05) is 0 Å². The number of halogens is 1. The van der Waals surface area contributed by atoms with Crippen LogP contribution in [0.4, 0.5) is 0 Å². The lowest BCUT2D eigenvalue weighted by Crippen LogP contribution is -2.12. The van der Waals surface area contributed by atoms with Crippen molar-refractivity contribution < 1.29 is 20.1 Å². The fourth-order valence-electron chi connectivity index (χ4n) is 1.67. The smallest absolute Gasteiger partial charge is 0.132 e. The minimum absolute atomic E-state index is 0.0724. The van der Waals surface area contributed by atoms with Crippen LogP contribution in [0.15, 0.2) is 36.4 Å². The van der Waals surface area contributed by atoms with Crippen LogP contribution in [0.5, 0.6) is 23.0 Å². The van der Waals surface area contributed by atoms with Crippen molar-refractivity contribution in [3.8, 4) is 23.0 Å². The molecule has 2 aromatic carbocycles. The molecule has 104 valence electrons. The number of phenols is 3. The summed E-state index contributed by atoms with van der Waals surface area (Å²) < 4.78 is 5.35. The van der Waals surface area contributed by atoms with Gasteiger partial charge in [-0.2, -0.15) is 0 Å². The summed E-state index contributed by atoms with van der Waals surface area (Å²) in [7, 11) is 0. The molecule has 0 atom stereocenters. The maximum absolute atomic E-state index is 9.64. The predicted octanol–water partition coefficient (Wildman–Crippen LogP) is 2.90. The Bertz CT molecular complexity index is 617. The van der Waals surface area contributed by atoms with Gasteiger partial charge in [0.1, 0.15) is 29.6 Å². The Kier molecular flexibility index (Phi) is 4.00. The molecule has 6 heteroatoms. The van der Waals surface area contributed by atoms with Crippen LogP contribution in [0.2, 0.25) is 5.02 Å². The summed E-state index contributed by atoms with van der Waals surface area (Å²) in [4.78, 5) is 0. The third-order valence-corrected chi connectivity index (χ3v) is 2.83. The molecule has 0 heterocycles. The van der Waals surface area contributed by atoms with Crippen molar-refractivity contribution in [2.24, 2.45) is 0 Å². The summed E-state index contributed by atoms with van der Waals surface area (Å²) in [5.74, 6) is -0.536. The highest BCUT2D eigenvalue weighted by Gasteiger charge is 2.15. The molecule has 0 saturated carbocycles. The zero-order chi connectivity index (χ0) is 14.7. The second-order valence-corrected chi connectivity index (χ2v) is 4.52. The van der Waals surface area contributed by atoms with Crippen LogP contribution in [0.3, 0.4) is 0 Å². The monoisotopic (exact) mass is 293 g/mol. The average Bonchev–Trinajstić information content (AvgIpc) is 2.37. The van der Waals surface area contributed by atoms with Gasteiger partial charge in [-0.15, -0.1) is 0 Å². The Labute approximate surface area is 120 Å². The summed E-state index contributed by atoms with van der Waals surface area (Å²) in [6, 6.07) is 8.68. The van der Waals surface area contributed by atoms with Crippen molar-refractivity contribution in [2.75, 3.05) is 6.61 Å². The van der Waals surface area contributed by atoms with Gasteiger partial charge in [-0.25, -0.2) is 0 Å². The van der Waals surface area contributed by atoms with E-state index in [0.717, 1.165) is 12.1 Å². The molecule has 0 amide bonds. The lowest BCUT2D eigenvalue weighted by molar-refractivity contribution is 0.373. The molecule has 0 unspecified atom stereocenters. The van der Waals surface area contributed by atoms with Gasteiger partial charge in [0.2, 0.25) is 0 Å². The highest BCUT2D eigenvalue weighted by atomic mass is 35.5. The Morgan fingerprint density at radius 3 is 2.15 bits per heavy atom. The quantitative estimate of drug-likeness (QED) is 0.652. The van der Waals surface area contributed by atoms with E-state index in [9.17, 15) is 15.3 Å². The summed E-state index contributed by atoms with van der Waals surface area (Å²) in [5.41, 5.74) is -0.188. The van der Waals surface area contributed by atoms with Crippen LogP contribution in [0.1, 0.15) is 5.56 Å². The molecular formula is C14H12ClNO4. The van der Waals surface area contributed by atoms with Crippen molar-refractivity contribution in [3.63, 3.8) is 0 Å². The molecule has 20 heavy (non-hydrogen) atoms. The predicted molar refractivity (Wildman–Crippen MR) is 75.2 cm³/mol. The average molecular weight is 294 g/mol. The Morgan fingerprint density at radius 1 is 1.05 bits per heavy atom. The van der Waals surface area contributed by atoms with Gasteiger partial charge in [0.15, 0.2) is 0 Å². The van der Waals surface area contributed by atoms with Crippen LogP contribution >= 0.6 is 11.6 Å². The van der Waals surface area contributed by atoms with Crippen LogP contribution < -0.4 is 4.74 Å². The highest BCUT2D eigenvalue weighted by Crippen LogP contribution is 2.32. The number of benzene rings is 2. The third kappa shape index (κ3) is 3.13. The summed E-state index contributed by atoms with van der Waals surface area (Å²) in [5, 5.41) is 36.9. The molecule has 0 aromatic heterocycles. The van der Waals surface area contributed by atoms with Gasteiger partial charge >= 0.3 is 0 Å².